The standard InChI is InChI=1S/C21H20F3N5O/c22-16-5-7-28(13-16)20-4-2-14(11-25-20)10-21(30)26-19-6-8-29(27-19)12-15-1-3-17(23)18(24)9-15/h1-4,6,8-9,11,16H,5,7,10,12-13H2,(H,26,27,30)/t16-/m0/s1. The van der Waals surface area contributed by atoms with Crippen molar-refractivity contribution in [3.05, 3.63) is 71.6 Å². The quantitative estimate of drug-likeness (QED) is 0.671. The largest absolute Gasteiger partial charge is 0.354 e. The summed E-state index contributed by atoms with van der Waals surface area (Å²) < 4.78 is 41.2. The van der Waals surface area contributed by atoms with Crippen molar-refractivity contribution >= 4 is 17.5 Å². The van der Waals surface area contributed by atoms with E-state index in [0.717, 1.165) is 17.7 Å². The molecule has 4 rings (SSSR count). The third-order valence-corrected chi connectivity index (χ3v) is 4.87. The van der Waals surface area contributed by atoms with Crippen LogP contribution in [-0.4, -0.2) is 39.9 Å². The van der Waals surface area contributed by atoms with Gasteiger partial charge in [0.25, 0.3) is 0 Å². The molecular weight excluding hydrogens is 395 g/mol. The Labute approximate surface area is 171 Å². The molecule has 3 aromatic rings. The van der Waals surface area contributed by atoms with E-state index in [-0.39, 0.29) is 18.9 Å². The highest BCUT2D eigenvalue weighted by Gasteiger charge is 2.22. The molecule has 1 aliphatic rings. The van der Waals surface area contributed by atoms with Crippen LogP contribution < -0.4 is 10.2 Å². The minimum absolute atomic E-state index is 0.120. The van der Waals surface area contributed by atoms with Gasteiger partial charge in [0.1, 0.15) is 12.0 Å². The van der Waals surface area contributed by atoms with Crippen LogP contribution in [0.1, 0.15) is 17.5 Å². The highest BCUT2D eigenvalue weighted by molar-refractivity contribution is 5.91. The van der Waals surface area contributed by atoms with E-state index in [1.165, 1.54) is 10.7 Å². The van der Waals surface area contributed by atoms with E-state index in [2.05, 4.69) is 15.4 Å². The van der Waals surface area contributed by atoms with Gasteiger partial charge in [-0.05, 0) is 35.7 Å². The number of nitrogens with zero attached hydrogens (tertiary/aromatic N) is 4. The number of pyridine rings is 1. The number of carbonyl (C=O) groups is 1. The maximum absolute atomic E-state index is 13.3. The van der Waals surface area contributed by atoms with Gasteiger partial charge in [0.2, 0.25) is 5.91 Å². The van der Waals surface area contributed by atoms with Crippen LogP contribution in [0.4, 0.5) is 24.8 Å². The van der Waals surface area contributed by atoms with E-state index in [0.29, 0.717) is 36.7 Å². The van der Waals surface area contributed by atoms with Gasteiger partial charge in [-0.25, -0.2) is 18.2 Å². The summed E-state index contributed by atoms with van der Waals surface area (Å²) in [6.07, 6.45) is 3.06. The van der Waals surface area contributed by atoms with Gasteiger partial charge in [-0.15, -0.1) is 0 Å². The molecule has 2 aromatic heterocycles. The van der Waals surface area contributed by atoms with Crippen molar-refractivity contribution in [3.63, 3.8) is 0 Å². The second-order valence-electron chi connectivity index (χ2n) is 7.23. The van der Waals surface area contributed by atoms with Crippen molar-refractivity contribution in [1.82, 2.24) is 14.8 Å². The van der Waals surface area contributed by atoms with Crippen molar-refractivity contribution in [1.29, 1.82) is 0 Å². The fourth-order valence-electron chi connectivity index (χ4n) is 3.35. The van der Waals surface area contributed by atoms with E-state index in [1.54, 1.807) is 30.6 Å². The molecule has 0 aliphatic carbocycles. The maximum atomic E-state index is 13.3. The summed E-state index contributed by atoms with van der Waals surface area (Å²) in [6, 6.07) is 8.87. The minimum Gasteiger partial charge on any atom is -0.354 e. The summed E-state index contributed by atoms with van der Waals surface area (Å²) in [5.74, 6) is -1.01. The fraction of sp³-hybridized carbons (Fsp3) is 0.286. The summed E-state index contributed by atoms with van der Waals surface area (Å²) in [5.41, 5.74) is 1.28. The average molecular weight is 415 g/mol. The number of alkyl halides is 1. The third-order valence-electron chi connectivity index (χ3n) is 4.87. The number of hydrogen-bond donors (Lipinski definition) is 1. The van der Waals surface area contributed by atoms with Crippen molar-refractivity contribution in [2.45, 2.75) is 25.6 Å². The summed E-state index contributed by atoms with van der Waals surface area (Å²) in [4.78, 5) is 18.5. The highest BCUT2D eigenvalue weighted by atomic mass is 19.2. The average Bonchev–Trinajstić information content (AvgIpc) is 3.34. The molecule has 0 radical (unpaired) electrons. The van der Waals surface area contributed by atoms with Crippen LogP contribution >= 0.6 is 0 Å². The molecule has 1 atom stereocenters. The Balaban J connectivity index is 1.31. The van der Waals surface area contributed by atoms with Gasteiger partial charge in [0.05, 0.1) is 19.5 Å². The molecule has 1 N–H and O–H groups in total. The zero-order valence-corrected chi connectivity index (χ0v) is 16.1. The SMILES string of the molecule is O=C(Cc1ccc(N2CC[C@H](F)C2)nc1)Nc1ccn(Cc2ccc(F)c(F)c2)n1. The molecule has 30 heavy (non-hydrogen) atoms. The van der Waals surface area contributed by atoms with Crippen molar-refractivity contribution in [3.8, 4) is 0 Å². The lowest BCUT2D eigenvalue weighted by Gasteiger charge is -2.16. The van der Waals surface area contributed by atoms with Crippen molar-refractivity contribution in [2.24, 2.45) is 0 Å². The number of benzene rings is 1. The molecular formula is C21H20F3N5O. The Kier molecular flexibility index (Phi) is 5.69. The molecule has 0 bridgehead atoms. The first-order chi connectivity index (χ1) is 14.5. The predicted molar refractivity (Wildman–Crippen MR) is 106 cm³/mol. The summed E-state index contributed by atoms with van der Waals surface area (Å²) >= 11 is 0. The van der Waals surface area contributed by atoms with Gasteiger partial charge < -0.3 is 10.2 Å². The van der Waals surface area contributed by atoms with Gasteiger partial charge in [-0.1, -0.05) is 12.1 Å². The third kappa shape index (κ3) is 4.79. The Hall–Kier alpha value is -3.36. The van der Waals surface area contributed by atoms with Gasteiger partial charge in [0, 0.05) is 25.0 Å². The summed E-state index contributed by atoms with van der Waals surface area (Å²) in [6.45, 7) is 1.23. The topological polar surface area (TPSA) is 63.1 Å². The number of carbonyl (C=O) groups excluding carboxylic acids is 1. The second-order valence-corrected chi connectivity index (χ2v) is 7.23. The zero-order valence-electron chi connectivity index (χ0n) is 16.1. The van der Waals surface area contributed by atoms with E-state index >= 15 is 0 Å². The van der Waals surface area contributed by atoms with E-state index in [1.807, 2.05) is 4.90 Å². The number of hydrogen-bond acceptors (Lipinski definition) is 4. The normalized spacial score (nSPS) is 16.1. The minimum atomic E-state index is -0.915. The lowest BCUT2D eigenvalue weighted by atomic mass is 10.2. The van der Waals surface area contributed by atoms with Crippen molar-refractivity contribution < 1.29 is 18.0 Å². The van der Waals surface area contributed by atoms with Crippen LogP contribution in [0.25, 0.3) is 0 Å². The van der Waals surface area contributed by atoms with Crippen LogP contribution in [-0.2, 0) is 17.8 Å². The number of halogens is 3. The maximum Gasteiger partial charge on any atom is 0.230 e. The first-order valence-electron chi connectivity index (χ1n) is 9.57. The Morgan fingerprint density at radius 2 is 1.97 bits per heavy atom. The molecule has 6 nitrogen and oxygen atoms in total. The van der Waals surface area contributed by atoms with Gasteiger partial charge in [0.15, 0.2) is 17.5 Å². The van der Waals surface area contributed by atoms with Gasteiger partial charge in [-0.3, -0.25) is 9.48 Å². The molecule has 1 amide bonds. The van der Waals surface area contributed by atoms with Crippen LogP contribution in [0.5, 0.6) is 0 Å². The van der Waals surface area contributed by atoms with Gasteiger partial charge in [-0.2, -0.15) is 5.10 Å². The van der Waals surface area contributed by atoms with Crippen molar-refractivity contribution in [2.75, 3.05) is 23.3 Å². The van der Waals surface area contributed by atoms with Crippen LogP contribution in [0.3, 0.4) is 0 Å². The number of amides is 1. The Morgan fingerprint density at radius 3 is 2.67 bits per heavy atom. The smallest absolute Gasteiger partial charge is 0.230 e. The number of nitrogens with one attached hydrogen (secondary N) is 1. The molecule has 1 fully saturated rings. The number of rotatable bonds is 6. The molecule has 156 valence electrons. The van der Waals surface area contributed by atoms with E-state index in [4.69, 9.17) is 0 Å². The number of anilines is 2. The van der Waals surface area contributed by atoms with E-state index in [9.17, 15) is 18.0 Å². The van der Waals surface area contributed by atoms with Gasteiger partial charge >= 0.3 is 0 Å². The Bertz CT molecular complexity index is 1040. The molecule has 1 aliphatic heterocycles. The van der Waals surface area contributed by atoms with Crippen LogP contribution in [0.2, 0.25) is 0 Å². The fourth-order valence-corrected chi connectivity index (χ4v) is 3.35. The van der Waals surface area contributed by atoms with Crippen LogP contribution in [0, 0.1) is 11.6 Å². The molecule has 0 saturated carbocycles. The summed E-state index contributed by atoms with van der Waals surface area (Å²) in [5, 5.41) is 6.92. The first-order valence-corrected chi connectivity index (χ1v) is 9.57. The molecule has 0 spiro atoms. The molecule has 1 aromatic carbocycles. The second kappa shape index (κ2) is 8.56. The lowest BCUT2D eigenvalue weighted by molar-refractivity contribution is -0.115. The predicted octanol–water partition coefficient (Wildman–Crippen LogP) is 3.33. The summed E-state index contributed by atoms with van der Waals surface area (Å²) in [7, 11) is 0. The Morgan fingerprint density at radius 1 is 1.13 bits per heavy atom. The monoisotopic (exact) mass is 415 g/mol. The van der Waals surface area contributed by atoms with Crippen LogP contribution in [0.15, 0.2) is 48.8 Å². The molecule has 0 unspecified atom stereocenters. The zero-order chi connectivity index (χ0) is 21.1. The molecule has 3 heterocycles. The molecule has 9 heteroatoms. The van der Waals surface area contributed by atoms with E-state index < -0.39 is 17.8 Å². The first kappa shape index (κ1) is 19.9. The molecule has 1 saturated heterocycles. The lowest BCUT2D eigenvalue weighted by Crippen LogP contribution is -2.21. The number of aromatic nitrogens is 3. The highest BCUT2D eigenvalue weighted by Crippen LogP contribution is 2.20.